The van der Waals surface area contributed by atoms with Gasteiger partial charge in [0.1, 0.15) is 5.82 Å². The number of halogens is 1. The summed E-state index contributed by atoms with van der Waals surface area (Å²) >= 11 is 1.52. The Kier molecular flexibility index (Phi) is 4.45. The minimum atomic E-state index is -0.476. The fraction of sp³-hybridized carbons (Fsp3) is 0.389. The van der Waals surface area contributed by atoms with Gasteiger partial charge in [0.15, 0.2) is 0 Å². The van der Waals surface area contributed by atoms with E-state index in [1.54, 1.807) is 12.1 Å². The molecule has 0 bridgehead atoms. The molecule has 0 saturated heterocycles. The first-order valence-corrected chi connectivity index (χ1v) is 8.73. The summed E-state index contributed by atoms with van der Waals surface area (Å²) in [5.41, 5.74) is 0.699. The number of hydrogen-bond donors (Lipinski definition) is 0. The van der Waals surface area contributed by atoms with Crippen molar-refractivity contribution in [2.75, 3.05) is 0 Å². The van der Waals surface area contributed by atoms with E-state index in [0.717, 1.165) is 10.6 Å². The standard InChI is InChI=1S/C18H20FN3O2S/c1-17(2,3)14-10-13(24-22-14)15-20-21-16(23-15)18(4,5)25-12-8-6-11(19)7-9-12/h6-10H,1-5H3. The topological polar surface area (TPSA) is 65.0 Å². The van der Waals surface area contributed by atoms with Crippen molar-refractivity contribution < 1.29 is 13.3 Å². The SMILES string of the molecule is CC(C)(C)c1cc(-c2nnc(C(C)(C)Sc3ccc(F)cc3)o2)on1. The Labute approximate surface area is 150 Å². The molecule has 0 N–H and O–H groups in total. The summed E-state index contributed by atoms with van der Waals surface area (Å²) in [6.45, 7) is 10.1. The van der Waals surface area contributed by atoms with E-state index in [2.05, 4.69) is 36.1 Å². The normalized spacial score (nSPS) is 12.6. The zero-order valence-corrected chi connectivity index (χ0v) is 15.6. The zero-order chi connectivity index (χ0) is 18.2. The van der Waals surface area contributed by atoms with Crippen molar-refractivity contribution in [1.82, 2.24) is 15.4 Å². The van der Waals surface area contributed by atoms with Gasteiger partial charge < -0.3 is 8.94 Å². The van der Waals surface area contributed by atoms with E-state index >= 15 is 0 Å². The second kappa shape index (κ2) is 6.29. The molecule has 0 aliphatic rings. The first kappa shape index (κ1) is 17.7. The quantitative estimate of drug-likeness (QED) is 0.596. The van der Waals surface area contributed by atoms with Crippen LogP contribution < -0.4 is 0 Å². The molecule has 0 saturated carbocycles. The van der Waals surface area contributed by atoms with Crippen LogP contribution in [0.15, 0.2) is 44.2 Å². The number of thioether (sulfide) groups is 1. The average Bonchev–Trinajstić information content (AvgIpc) is 3.17. The van der Waals surface area contributed by atoms with E-state index in [-0.39, 0.29) is 11.2 Å². The first-order valence-electron chi connectivity index (χ1n) is 7.91. The molecule has 0 unspecified atom stereocenters. The van der Waals surface area contributed by atoms with Crippen LogP contribution in [-0.2, 0) is 10.2 Å². The summed E-state index contributed by atoms with van der Waals surface area (Å²) in [7, 11) is 0. The van der Waals surface area contributed by atoms with Crippen LogP contribution in [0.3, 0.4) is 0 Å². The van der Waals surface area contributed by atoms with Crippen molar-refractivity contribution in [3.05, 3.63) is 47.7 Å². The average molecular weight is 361 g/mol. The summed E-state index contributed by atoms with van der Waals surface area (Å²) in [6.07, 6.45) is 0. The van der Waals surface area contributed by atoms with Gasteiger partial charge in [-0.2, -0.15) is 0 Å². The second-order valence-electron chi connectivity index (χ2n) is 7.31. The molecule has 2 heterocycles. The molecule has 0 atom stereocenters. The summed E-state index contributed by atoms with van der Waals surface area (Å²) in [5, 5.41) is 12.3. The van der Waals surface area contributed by atoms with Crippen molar-refractivity contribution >= 4 is 11.8 Å². The molecule has 2 aromatic heterocycles. The van der Waals surface area contributed by atoms with Crippen LogP contribution in [0.25, 0.3) is 11.7 Å². The smallest absolute Gasteiger partial charge is 0.286 e. The first-order chi connectivity index (χ1) is 11.6. The predicted octanol–water partition coefficient (Wildman–Crippen LogP) is 5.19. The maximum absolute atomic E-state index is 13.1. The maximum atomic E-state index is 13.1. The van der Waals surface area contributed by atoms with Crippen LogP contribution in [0, 0.1) is 5.82 Å². The highest BCUT2D eigenvalue weighted by Crippen LogP contribution is 2.41. The molecule has 0 aliphatic heterocycles. The number of aromatic nitrogens is 3. The van der Waals surface area contributed by atoms with Crippen molar-refractivity contribution in [2.24, 2.45) is 0 Å². The third-order valence-electron chi connectivity index (χ3n) is 3.62. The molecule has 0 amide bonds. The molecule has 7 heteroatoms. The molecule has 5 nitrogen and oxygen atoms in total. The van der Waals surface area contributed by atoms with Gasteiger partial charge in [-0.25, -0.2) is 4.39 Å². The fourth-order valence-corrected chi connectivity index (χ4v) is 3.17. The maximum Gasteiger partial charge on any atom is 0.286 e. The lowest BCUT2D eigenvalue weighted by Gasteiger charge is -2.19. The Morgan fingerprint density at radius 3 is 2.28 bits per heavy atom. The van der Waals surface area contributed by atoms with Crippen LogP contribution in [0.1, 0.15) is 46.2 Å². The Balaban J connectivity index is 1.82. The van der Waals surface area contributed by atoms with E-state index in [1.165, 1.54) is 23.9 Å². The van der Waals surface area contributed by atoms with E-state index in [4.69, 9.17) is 8.94 Å². The Hall–Kier alpha value is -2.15. The third kappa shape index (κ3) is 3.92. The molecule has 3 rings (SSSR count). The van der Waals surface area contributed by atoms with E-state index in [0.29, 0.717) is 17.5 Å². The van der Waals surface area contributed by atoms with Crippen LogP contribution >= 0.6 is 11.8 Å². The van der Waals surface area contributed by atoms with Crippen LogP contribution in [0.2, 0.25) is 0 Å². The monoisotopic (exact) mass is 361 g/mol. The van der Waals surface area contributed by atoms with Gasteiger partial charge in [0.2, 0.25) is 11.7 Å². The molecular formula is C18H20FN3O2S. The minimum Gasteiger partial charge on any atom is -0.417 e. The van der Waals surface area contributed by atoms with Crippen molar-refractivity contribution in [3.63, 3.8) is 0 Å². The fourth-order valence-electron chi connectivity index (χ4n) is 2.14. The largest absolute Gasteiger partial charge is 0.417 e. The van der Waals surface area contributed by atoms with E-state index < -0.39 is 4.75 Å². The van der Waals surface area contributed by atoms with Crippen molar-refractivity contribution in [1.29, 1.82) is 0 Å². The number of hydrogen-bond acceptors (Lipinski definition) is 6. The van der Waals surface area contributed by atoms with Crippen molar-refractivity contribution in [2.45, 2.75) is 49.7 Å². The van der Waals surface area contributed by atoms with Crippen LogP contribution in [-0.4, -0.2) is 15.4 Å². The minimum absolute atomic E-state index is 0.123. The number of rotatable bonds is 4. The molecule has 0 radical (unpaired) electrons. The van der Waals surface area contributed by atoms with Gasteiger partial charge in [-0.3, -0.25) is 0 Å². The zero-order valence-electron chi connectivity index (χ0n) is 14.8. The van der Waals surface area contributed by atoms with Crippen LogP contribution in [0.4, 0.5) is 4.39 Å². The summed E-state index contributed by atoms with van der Waals surface area (Å²) in [6, 6.07) is 8.13. The molecule has 0 fully saturated rings. The number of benzene rings is 1. The van der Waals surface area contributed by atoms with Gasteiger partial charge in [0, 0.05) is 16.4 Å². The molecule has 1 aromatic carbocycles. The highest BCUT2D eigenvalue weighted by molar-refractivity contribution is 8.00. The molecule has 25 heavy (non-hydrogen) atoms. The van der Waals surface area contributed by atoms with E-state index in [9.17, 15) is 4.39 Å². The van der Waals surface area contributed by atoms with Gasteiger partial charge >= 0.3 is 0 Å². The van der Waals surface area contributed by atoms with Crippen LogP contribution in [0.5, 0.6) is 0 Å². The summed E-state index contributed by atoms with van der Waals surface area (Å²) < 4.78 is 23.7. The molecule has 0 aliphatic carbocycles. The Morgan fingerprint density at radius 2 is 1.68 bits per heavy atom. The molecular weight excluding hydrogens is 341 g/mol. The lowest BCUT2D eigenvalue weighted by molar-refractivity contribution is 0.384. The third-order valence-corrected chi connectivity index (χ3v) is 4.81. The molecule has 3 aromatic rings. The lowest BCUT2D eigenvalue weighted by atomic mass is 9.92. The van der Waals surface area contributed by atoms with Crippen molar-refractivity contribution in [3.8, 4) is 11.7 Å². The number of nitrogens with zero attached hydrogens (tertiary/aromatic N) is 3. The Bertz CT molecular complexity index is 863. The highest BCUT2D eigenvalue weighted by Gasteiger charge is 2.30. The predicted molar refractivity (Wildman–Crippen MR) is 93.8 cm³/mol. The van der Waals surface area contributed by atoms with Gasteiger partial charge in [-0.1, -0.05) is 25.9 Å². The summed E-state index contributed by atoms with van der Waals surface area (Å²) in [5.74, 6) is 0.949. The van der Waals surface area contributed by atoms with E-state index in [1.807, 2.05) is 19.9 Å². The summed E-state index contributed by atoms with van der Waals surface area (Å²) in [4.78, 5) is 0.917. The highest BCUT2D eigenvalue weighted by atomic mass is 32.2. The Morgan fingerprint density at radius 1 is 1.00 bits per heavy atom. The second-order valence-corrected chi connectivity index (χ2v) is 9.00. The van der Waals surface area contributed by atoms with Gasteiger partial charge in [0.25, 0.3) is 5.89 Å². The van der Waals surface area contributed by atoms with Gasteiger partial charge in [0.05, 0.1) is 10.4 Å². The van der Waals surface area contributed by atoms with Gasteiger partial charge in [-0.05, 0) is 38.1 Å². The van der Waals surface area contributed by atoms with Gasteiger partial charge in [-0.15, -0.1) is 22.0 Å². The molecule has 0 spiro atoms. The lowest BCUT2D eigenvalue weighted by Crippen LogP contribution is -2.12. The molecule has 132 valence electrons.